The zero-order valence-corrected chi connectivity index (χ0v) is 12.5. The summed E-state index contributed by atoms with van der Waals surface area (Å²) in [4.78, 5) is 17.1. The van der Waals surface area contributed by atoms with Crippen molar-refractivity contribution in [3.63, 3.8) is 0 Å². The largest absolute Gasteiger partial charge is 0.341 e. The molecular formula is C17H24N2O. The van der Waals surface area contributed by atoms with Gasteiger partial charge in [-0.25, -0.2) is 0 Å². The van der Waals surface area contributed by atoms with E-state index in [4.69, 9.17) is 0 Å². The van der Waals surface area contributed by atoms with Gasteiger partial charge in [0.05, 0.1) is 6.42 Å². The van der Waals surface area contributed by atoms with Crippen molar-refractivity contribution in [2.75, 3.05) is 26.7 Å². The van der Waals surface area contributed by atoms with Crippen molar-refractivity contribution in [2.24, 2.45) is 5.92 Å². The first kappa shape index (κ1) is 13.6. The van der Waals surface area contributed by atoms with Crippen LogP contribution in [0.1, 0.15) is 24.0 Å². The minimum absolute atomic E-state index is 0.293. The molecule has 3 aliphatic rings. The number of nitrogens with zero attached hydrogens (tertiary/aromatic N) is 2. The van der Waals surface area contributed by atoms with Gasteiger partial charge in [0.25, 0.3) is 0 Å². The topological polar surface area (TPSA) is 23.6 Å². The molecule has 0 spiro atoms. The van der Waals surface area contributed by atoms with E-state index in [-0.39, 0.29) is 0 Å². The highest BCUT2D eigenvalue weighted by Gasteiger charge is 2.34. The van der Waals surface area contributed by atoms with Gasteiger partial charge < -0.3 is 9.80 Å². The first-order valence-corrected chi connectivity index (χ1v) is 7.65. The Balaban J connectivity index is 1.66. The van der Waals surface area contributed by atoms with E-state index in [1.54, 1.807) is 0 Å². The number of rotatable bonds is 2. The Bertz CT molecular complexity index is 482. The standard InChI is InChI=1S/C17H24N2O/c1-13-3-5-14(6-4-13)9-17(20)19-11-15-7-8-16(12-19)18(2)10-15/h3-6,15-16H,7-12H2,1-2H3/t15-,16-/m0/s1. The summed E-state index contributed by atoms with van der Waals surface area (Å²) in [6, 6.07) is 8.89. The van der Waals surface area contributed by atoms with Crippen molar-refractivity contribution in [2.45, 2.75) is 32.2 Å². The summed E-state index contributed by atoms with van der Waals surface area (Å²) in [5.74, 6) is 0.960. The molecule has 1 aromatic carbocycles. The number of piperidine rings is 1. The Morgan fingerprint density at radius 2 is 1.90 bits per heavy atom. The number of amides is 1. The molecule has 3 heteroatoms. The van der Waals surface area contributed by atoms with Gasteiger partial charge in [-0.2, -0.15) is 0 Å². The Morgan fingerprint density at radius 3 is 2.60 bits per heavy atom. The van der Waals surface area contributed by atoms with E-state index in [0.29, 0.717) is 24.3 Å². The van der Waals surface area contributed by atoms with Gasteiger partial charge in [-0.1, -0.05) is 29.8 Å². The Labute approximate surface area is 121 Å². The number of fused-ring (bicyclic) bond motifs is 4. The van der Waals surface area contributed by atoms with Crippen LogP contribution < -0.4 is 0 Å². The Hall–Kier alpha value is -1.35. The number of carbonyl (C=O) groups excluding carboxylic acids is 1. The van der Waals surface area contributed by atoms with Crippen molar-refractivity contribution in [1.29, 1.82) is 0 Å². The van der Waals surface area contributed by atoms with Crippen LogP contribution in [0.5, 0.6) is 0 Å². The lowest BCUT2D eigenvalue weighted by Crippen LogP contribution is -2.42. The zero-order chi connectivity index (χ0) is 14.1. The molecule has 3 saturated heterocycles. The molecule has 4 rings (SSSR count). The van der Waals surface area contributed by atoms with Crippen LogP contribution in [0.25, 0.3) is 0 Å². The van der Waals surface area contributed by atoms with E-state index in [0.717, 1.165) is 25.2 Å². The molecule has 20 heavy (non-hydrogen) atoms. The minimum Gasteiger partial charge on any atom is -0.341 e. The molecule has 3 aliphatic heterocycles. The molecule has 2 atom stereocenters. The van der Waals surface area contributed by atoms with Gasteiger partial charge in [-0.05, 0) is 38.3 Å². The quantitative estimate of drug-likeness (QED) is 0.823. The number of carbonyl (C=O) groups is 1. The molecule has 0 N–H and O–H groups in total. The fourth-order valence-electron chi connectivity index (χ4n) is 3.51. The fourth-order valence-corrected chi connectivity index (χ4v) is 3.51. The average Bonchev–Trinajstić information content (AvgIpc) is 2.72. The van der Waals surface area contributed by atoms with Crippen LogP contribution in [0.15, 0.2) is 24.3 Å². The predicted octanol–water partition coefficient (Wildman–Crippen LogP) is 2.09. The number of aryl methyl sites for hydroxylation is 1. The van der Waals surface area contributed by atoms with Crippen LogP contribution in [0.3, 0.4) is 0 Å². The van der Waals surface area contributed by atoms with Crippen LogP contribution in [0, 0.1) is 12.8 Å². The van der Waals surface area contributed by atoms with E-state index in [2.05, 4.69) is 48.0 Å². The second-order valence-electron chi connectivity index (χ2n) is 6.50. The lowest BCUT2D eigenvalue weighted by molar-refractivity contribution is -0.130. The van der Waals surface area contributed by atoms with Gasteiger partial charge in [0.15, 0.2) is 0 Å². The highest BCUT2D eigenvalue weighted by molar-refractivity contribution is 5.79. The summed E-state index contributed by atoms with van der Waals surface area (Å²) in [7, 11) is 2.20. The van der Waals surface area contributed by atoms with Gasteiger partial charge >= 0.3 is 0 Å². The van der Waals surface area contributed by atoms with E-state index < -0.39 is 0 Å². The van der Waals surface area contributed by atoms with E-state index >= 15 is 0 Å². The minimum atomic E-state index is 0.293. The van der Waals surface area contributed by atoms with E-state index in [1.807, 2.05) is 0 Å². The van der Waals surface area contributed by atoms with Crippen molar-refractivity contribution < 1.29 is 4.79 Å². The van der Waals surface area contributed by atoms with Crippen LogP contribution >= 0.6 is 0 Å². The monoisotopic (exact) mass is 272 g/mol. The molecule has 0 radical (unpaired) electrons. The molecule has 0 aliphatic carbocycles. The maximum absolute atomic E-state index is 12.5. The summed E-state index contributed by atoms with van der Waals surface area (Å²) in [5, 5.41) is 0. The second kappa shape index (κ2) is 5.57. The van der Waals surface area contributed by atoms with Crippen molar-refractivity contribution in [3.8, 4) is 0 Å². The highest BCUT2D eigenvalue weighted by atomic mass is 16.2. The normalized spacial score (nSPS) is 26.6. The first-order chi connectivity index (χ1) is 9.61. The molecule has 3 fully saturated rings. The summed E-state index contributed by atoms with van der Waals surface area (Å²) in [5.41, 5.74) is 2.38. The maximum Gasteiger partial charge on any atom is 0.227 e. The van der Waals surface area contributed by atoms with E-state index in [1.165, 1.54) is 18.4 Å². The molecule has 3 heterocycles. The third-order valence-corrected chi connectivity index (χ3v) is 4.82. The maximum atomic E-state index is 12.5. The summed E-state index contributed by atoms with van der Waals surface area (Å²) in [6.45, 7) is 5.09. The summed E-state index contributed by atoms with van der Waals surface area (Å²) < 4.78 is 0. The fraction of sp³-hybridized carbons (Fsp3) is 0.588. The third-order valence-electron chi connectivity index (χ3n) is 4.82. The van der Waals surface area contributed by atoms with Crippen molar-refractivity contribution in [1.82, 2.24) is 9.80 Å². The van der Waals surface area contributed by atoms with Crippen LogP contribution in [0.2, 0.25) is 0 Å². The Kier molecular flexibility index (Phi) is 3.79. The molecule has 108 valence electrons. The number of likely N-dealkylation sites (N-methyl/N-ethyl adjacent to an activating group) is 1. The van der Waals surface area contributed by atoms with Gasteiger partial charge in [0.1, 0.15) is 0 Å². The lowest BCUT2D eigenvalue weighted by atomic mass is 9.96. The molecule has 0 saturated carbocycles. The predicted molar refractivity (Wildman–Crippen MR) is 80.6 cm³/mol. The number of hydrogen-bond donors (Lipinski definition) is 0. The van der Waals surface area contributed by atoms with Gasteiger partial charge in [0.2, 0.25) is 5.91 Å². The zero-order valence-electron chi connectivity index (χ0n) is 12.5. The highest BCUT2D eigenvalue weighted by Crippen LogP contribution is 2.27. The molecule has 1 amide bonds. The SMILES string of the molecule is Cc1ccc(CC(=O)N2C[C@H]3CC[C@@H](C2)N(C)C3)cc1. The third kappa shape index (κ3) is 2.88. The first-order valence-electron chi connectivity index (χ1n) is 7.65. The summed E-state index contributed by atoms with van der Waals surface area (Å²) >= 11 is 0. The summed E-state index contributed by atoms with van der Waals surface area (Å²) in [6.07, 6.45) is 3.07. The van der Waals surface area contributed by atoms with Gasteiger partial charge in [-0.15, -0.1) is 0 Å². The number of hydrogen-bond acceptors (Lipinski definition) is 2. The molecule has 2 bridgehead atoms. The molecule has 0 aromatic heterocycles. The molecule has 1 aromatic rings. The van der Waals surface area contributed by atoms with Crippen LogP contribution in [-0.2, 0) is 11.2 Å². The molecular weight excluding hydrogens is 248 g/mol. The molecule has 0 unspecified atom stereocenters. The Morgan fingerprint density at radius 1 is 1.15 bits per heavy atom. The smallest absolute Gasteiger partial charge is 0.227 e. The average molecular weight is 272 g/mol. The van der Waals surface area contributed by atoms with Gasteiger partial charge in [-0.3, -0.25) is 4.79 Å². The van der Waals surface area contributed by atoms with Crippen LogP contribution in [-0.4, -0.2) is 48.4 Å². The molecule has 3 nitrogen and oxygen atoms in total. The van der Waals surface area contributed by atoms with Crippen molar-refractivity contribution >= 4 is 5.91 Å². The van der Waals surface area contributed by atoms with Gasteiger partial charge in [0, 0.05) is 25.7 Å². The van der Waals surface area contributed by atoms with Crippen LogP contribution in [0.4, 0.5) is 0 Å². The second-order valence-corrected chi connectivity index (χ2v) is 6.50. The van der Waals surface area contributed by atoms with E-state index in [9.17, 15) is 4.79 Å². The number of benzene rings is 1. The van der Waals surface area contributed by atoms with Crippen molar-refractivity contribution in [3.05, 3.63) is 35.4 Å². The lowest BCUT2D eigenvalue weighted by Gasteiger charge is -2.32.